The lowest BCUT2D eigenvalue weighted by atomic mass is 10.1. The average molecular weight is 352 g/mol. The van der Waals surface area contributed by atoms with Gasteiger partial charge in [-0.15, -0.1) is 0 Å². The number of halogens is 1. The summed E-state index contributed by atoms with van der Waals surface area (Å²) in [6.45, 7) is 1.81. The number of carbonyl (C=O) groups excluding carboxylic acids is 2. The minimum Gasteiger partial charge on any atom is -0.375 e. The zero-order valence-corrected chi connectivity index (χ0v) is 15.2. The van der Waals surface area contributed by atoms with Crippen LogP contribution in [0.5, 0.6) is 0 Å². The first-order chi connectivity index (χ1) is 11.5. The van der Waals surface area contributed by atoms with Crippen LogP contribution in [0.2, 0.25) is 5.02 Å². The summed E-state index contributed by atoms with van der Waals surface area (Å²) in [6.07, 6.45) is 5.76. The van der Waals surface area contributed by atoms with Crippen LogP contribution in [0, 0.1) is 0 Å². The maximum atomic E-state index is 12.5. The fourth-order valence-electron chi connectivity index (χ4n) is 2.87. The van der Waals surface area contributed by atoms with Gasteiger partial charge in [-0.1, -0.05) is 30.9 Å². The van der Waals surface area contributed by atoms with Crippen LogP contribution < -0.4 is 5.32 Å². The smallest absolute Gasteiger partial charge is 0.255 e. The van der Waals surface area contributed by atoms with E-state index in [4.69, 9.17) is 11.6 Å². The van der Waals surface area contributed by atoms with Crippen molar-refractivity contribution in [2.45, 2.75) is 32.1 Å². The molecule has 0 bridgehead atoms. The lowest BCUT2D eigenvalue weighted by Crippen LogP contribution is -2.38. The van der Waals surface area contributed by atoms with Crippen LogP contribution in [-0.4, -0.2) is 55.3 Å². The standard InChI is InChI=1S/C18H26ClN3O2/c1-21(2)18(24)15-9-8-14(19)12-16(15)20-13-17(23)22-10-6-4-3-5-7-11-22/h8-9,12,20H,3-7,10-11,13H2,1-2H3. The Morgan fingerprint density at radius 2 is 1.75 bits per heavy atom. The Kier molecular flexibility index (Phi) is 6.91. The van der Waals surface area contributed by atoms with Gasteiger partial charge >= 0.3 is 0 Å². The van der Waals surface area contributed by atoms with Gasteiger partial charge in [-0.25, -0.2) is 0 Å². The number of nitrogens with one attached hydrogen (secondary N) is 1. The quantitative estimate of drug-likeness (QED) is 0.906. The molecule has 0 saturated carbocycles. The van der Waals surface area contributed by atoms with Gasteiger partial charge in [0.1, 0.15) is 0 Å². The molecule has 0 aliphatic carbocycles. The van der Waals surface area contributed by atoms with E-state index in [2.05, 4.69) is 5.32 Å². The van der Waals surface area contributed by atoms with Crippen LogP contribution in [0.4, 0.5) is 5.69 Å². The van der Waals surface area contributed by atoms with Crippen molar-refractivity contribution in [3.05, 3.63) is 28.8 Å². The lowest BCUT2D eigenvalue weighted by Gasteiger charge is -2.25. The van der Waals surface area contributed by atoms with Crippen molar-refractivity contribution in [1.82, 2.24) is 9.80 Å². The van der Waals surface area contributed by atoms with E-state index in [0.29, 0.717) is 16.3 Å². The normalized spacial score (nSPS) is 15.4. The number of likely N-dealkylation sites (tertiary alicyclic amines) is 1. The predicted octanol–water partition coefficient (Wildman–Crippen LogP) is 3.25. The first kappa shape index (κ1) is 18.6. The number of rotatable bonds is 4. The maximum Gasteiger partial charge on any atom is 0.255 e. The Hall–Kier alpha value is -1.75. The van der Waals surface area contributed by atoms with E-state index in [9.17, 15) is 9.59 Å². The van der Waals surface area contributed by atoms with Crippen molar-refractivity contribution in [3.8, 4) is 0 Å². The Balaban J connectivity index is 2.03. The highest BCUT2D eigenvalue weighted by Crippen LogP contribution is 2.22. The van der Waals surface area contributed by atoms with E-state index in [1.165, 1.54) is 24.2 Å². The molecule has 1 aliphatic heterocycles. The summed E-state index contributed by atoms with van der Waals surface area (Å²) in [6, 6.07) is 5.07. The molecule has 0 atom stereocenters. The third-order valence-corrected chi connectivity index (χ3v) is 4.49. The summed E-state index contributed by atoms with van der Waals surface area (Å²) in [7, 11) is 3.40. The molecule has 132 valence electrons. The molecule has 5 nitrogen and oxygen atoms in total. The van der Waals surface area contributed by atoms with Gasteiger partial charge in [0.15, 0.2) is 0 Å². The first-order valence-corrected chi connectivity index (χ1v) is 8.89. The van der Waals surface area contributed by atoms with Gasteiger partial charge in [-0.2, -0.15) is 0 Å². The minimum atomic E-state index is -0.118. The van der Waals surface area contributed by atoms with Crippen LogP contribution in [0.15, 0.2) is 18.2 Å². The molecule has 0 spiro atoms. The van der Waals surface area contributed by atoms with Gasteiger partial charge in [-0.3, -0.25) is 9.59 Å². The van der Waals surface area contributed by atoms with Gasteiger partial charge in [0.2, 0.25) is 5.91 Å². The number of hydrogen-bond acceptors (Lipinski definition) is 3. The second-order valence-corrected chi connectivity index (χ2v) is 6.83. The molecule has 2 amide bonds. The molecule has 1 aromatic rings. The van der Waals surface area contributed by atoms with Crippen molar-refractivity contribution in [2.24, 2.45) is 0 Å². The van der Waals surface area contributed by atoms with Crippen LogP contribution in [-0.2, 0) is 4.79 Å². The number of anilines is 1. The highest BCUT2D eigenvalue weighted by molar-refractivity contribution is 6.31. The van der Waals surface area contributed by atoms with Gasteiger partial charge in [0.25, 0.3) is 5.91 Å². The topological polar surface area (TPSA) is 52.7 Å². The van der Waals surface area contributed by atoms with E-state index in [-0.39, 0.29) is 18.4 Å². The number of amides is 2. The molecule has 1 saturated heterocycles. The molecule has 1 aliphatic rings. The molecule has 0 radical (unpaired) electrons. The van der Waals surface area contributed by atoms with Crippen molar-refractivity contribution >= 4 is 29.1 Å². The molecule has 2 rings (SSSR count). The molecular formula is C18H26ClN3O2. The SMILES string of the molecule is CN(C)C(=O)c1ccc(Cl)cc1NCC(=O)N1CCCCCCC1. The lowest BCUT2D eigenvalue weighted by molar-refractivity contribution is -0.129. The van der Waals surface area contributed by atoms with Gasteiger partial charge in [-0.05, 0) is 31.0 Å². The predicted molar refractivity (Wildman–Crippen MR) is 97.6 cm³/mol. The Morgan fingerprint density at radius 3 is 2.38 bits per heavy atom. The van der Waals surface area contributed by atoms with E-state index in [1.807, 2.05) is 4.90 Å². The Morgan fingerprint density at radius 1 is 1.12 bits per heavy atom. The molecule has 1 aromatic carbocycles. The zero-order chi connectivity index (χ0) is 17.5. The first-order valence-electron chi connectivity index (χ1n) is 8.52. The summed E-state index contributed by atoms with van der Waals surface area (Å²) in [5, 5.41) is 3.63. The molecule has 24 heavy (non-hydrogen) atoms. The van der Waals surface area contributed by atoms with Gasteiger partial charge < -0.3 is 15.1 Å². The molecule has 1 heterocycles. The third-order valence-electron chi connectivity index (χ3n) is 4.26. The summed E-state index contributed by atoms with van der Waals surface area (Å²) in [5.74, 6) is -0.0481. The molecule has 0 aromatic heterocycles. The fourth-order valence-corrected chi connectivity index (χ4v) is 3.04. The summed E-state index contributed by atoms with van der Waals surface area (Å²) >= 11 is 6.04. The monoisotopic (exact) mass is 351 g/mol. The van der Waals surface area contributed by atoms with Crippen LogP contribution >= 0.6 is 11.6 Å². The van der Waals surface area contributed by atoms with Gasteiger partial charge in [0.05, 0.1) is 12.1 Å². The molecular weight excluding hydrogens is 326 g/mol. The number of nitrogens with zero attached hydrogens (tertiary/aromatic N) is 2. The van der Waals surface area contributed by atoms with Crippen molar-refractivity contribution < 1.29 is 9.59 Å². The fraction of sp³-hybridized carbons (Fsp3) is 0.556. The van der Waals surface area contributed by atoms with Crippen molar-refractivity contribution in [1.29, 1.82) is 0 Å². The summed E-state index contributed by atoms with van der Waals surface area (Å²) in [4.78, 5) is 28.2. The van der Waals surface area contributed by atoms with Crippen LogP contribution in [0.25, 0.3) is 0 Å². The zero-order valence-electron chi connectivity index (χ0n) is 14.5. The second kappa shape index (κ2) is 8.92. The highest BCUT2D eigenvalue weighted by atomic mass is 35.5. The van der Waals surface area contributed by atoms with Gasteiger partial charge in [0, 0.05) is 37.9 Å². The Labute approximate surface area is 149 Å². The van der Waals surface area contributed by atoms with Crippen LogP contribution in [0.1, 0.15) is 42.5 Å². The number of hydrogen-bond donors (Lipinski definition) is 1. The summed E-state index contributed by atoms with van der Waals surface area (Å²) < 4.78 is 0. The maximum absolute atomic E-state index is 12.5. The Bertz CT molecular complexity index is 582. The molecule has 1 N–H and O–H groups in total. The number of carbonyl (C=O) groups is 2. The van der Waals surface area contributed by atoms with E-state index in [0.717, 1.165) is 25.9 Å². The van der Waals surface area contributed by atoms with E-state index >= 15 is 0 Å². The van der Waals surface area contributed by atoms with E-state index < -0.39 is 0 Å². The van der Waals surface area contributed by atoms with Crippen molar-refractivity contribution in [3.63, 3.8) is 0 Å². The molecule has 0 unspecified atom stereocenters. The molecule has 1 fully saturated rings. The second-order valence-electron chi connectivity index (χ2n) is 6.39. The minimum absolute atomic E-state index is 0.0696. The van der Waals surface area contributed by atoms with Crippen LogP contribution in [0.3, 0.4) is 0 Å². The average Bonchev–Trinajstić information content (AvgIpc) is 2.51. The summed E-state index contributed by atoms with van der Waals surface area (Å²) in [5.41, 5.74) is 1.12. The number of benzene rings is 1. The third kappa shape index (κ3) is 5.13. The highest BCUT2D eigenvalue weighted by Gasteiger charge is 2.17. The largest absolute Gasteiger partial charge is 0.375 e. The van der Waals surface area contributed by atoms with Crippen molar-refractivity contribution in [2.75, 3.05) is 39.0 Å². The van der Waals surface area contributed by atoms with E-state index in [1.54, 1.807) is 32.3 Å². The molecule has 6 heteroatoms.